The lowest BCUT2D eigenvalue weighted by Crippen LogP contribution is -2.27. The van der Waals surface area contributed by atoms with Gasteiger partial charge in [0, 0.05) is 48.9 Å². The summed E-state index contributed by atoms with van der Waals surface area (Å²) in [5.74, 6) is 3.58. The fraction of sp³-hybridized carbons (Fsp3) is 0.400. The molecule has 33 heavy (non-hydrogen) atoms. The number of rotatable bonds is 7. The predicted molar refractivity (Wildman–Crippen MR) is 127 cm³/mol. The first kappa shape index (κ1) is 21.8. The zero-order chi connectivity index (χ0) is 23.2. The quantitative estimate of drug-likeness (QED) is 0.528. The summed E-state index contributed by atoms with van der Waals surface area (Å²) in [7, 11) is -3.31. The first-order chi connectivity index (χ1) is 15.8. The maximum absolute atomic E-state index is 11.7. The van der Waals surface area contributed by atoms with Crippen LogP contribution in [0, 0.1) is 24.7 Å². The van der Waals surface area contributed by atoms with Gasteiger partial charge >= 0.3 is 0 Å². The summed E-state index contributed by atoms with van der Waals surface area (Å²) < 4.78 is 29.5. The summed E-state index contributed by atoms with van der Waals surface area (Å²) in [6, 6.07) is 11.3. The van der Waals surface area contributed by atoms with Crippen LogP contribution < -0.4 is 9.64 Å². The fourth-order valence-corrected chi connectivity index (χ4v) is 5.34. The van der Waals surface area contributed by atoms with Gasteiger partial charge in [0.2, 0.25) is 5.95 Å². The van der Waals surface area contributed by atoms with Gasteiger partial charge in [0.1, 0.15) is 5.75 Å². The molecule has 0 N–H and O–H groups in total. The third-order valence-electron chi connectivity index (χ3n) is 6.80. The Labute approximate surface area is 194 Å². The zero-order valence-electron chi connectivity index (χ0n) is 19.1. The van der Waals surface area contributed by atoms with Crippen molar-refractivity contribution in [1.29, 1.82) is 0 Å². The number of hydrogen-bond donors (Lipinski definition) is 0. The molecule has 1 aliphatic heterocycles. The van der Waals surface area contributed by atoms with Gasteiger partial charge in [-0.2, -0.15) is 0 Å². The van der Waals surface area contributed by atoms with E-state index in [1.807, 2.05) is 49.6 Å². The molecule has 0 bridgehead atoms. The number of aryl methyl sites for hydroxylation is 2. The molecule has 1 saturated heterocycles. The van der Waals surface area contributed by atoms with E-state index >= 15 is 0 Å². The molecule has 3 heterocycles. The highest BCUT2D eigenvalue weighted by molar-refractivity contribution is 7.90. The highest BCUT2D eigenvalue weighted by atomic mass is 32.2. The maximum Gasteiger partial charge on any atom is 0.225 e. The van der Waals surface area contributed by atoms with Gasteiger partial charge in [-0.1, -0.05) is 19.1 Å². The molecule has 2 fully saturated rings. The van der Waals surface area contributed by atoms with Gasteiger partial charge in [-0.3, -0.25) is 0 Å². The Kier molecular flexibility index (Phi) is 5.56. The lowest BCUT2D eigenvalue weighted by atomic mass is 10.0. The van der Waals surface area contributed by atoms with Gasteiger partial charge in [0.15, 0.2) is 14.9 Å². The van der Waals surface area contributed by atoms with E-state index in [0.717, 1.165) is 54.5 Å². The molecule has 7 nitrogen and oxygen atoms in total. The van der Waals surface area contributed by atoms with E-state index in [1.165, 1.54) is 6.26 Å². The molecule has 2 aromatic heterocycles. The van der Waals surface area contributed by atoms with Gasteiger partial charge in [0.25, 0.3) is 0 Å². The molecule has 2 unspecified atom stereocenters. The number of piperidine rings is 1. The van der Waals surface area contributed by atoms with Crippen molar-refractivity contribution < 1.29 is 13.2 Å². The van der Waals surface area contributed by atoms with Crippen LogP contribution in [0.3, 0.4) is 0 Å². The molecule has 1 aliphatic carbocycles. The summed E-state index contributed by atoms with van der Waals surface area (Å²) in [5.41, 5.74) is 3.76. The molecule has 8 heteroatoms. The van der Waals surface area contributed by atoms with Gasteiger partial charge in [0.05, 0.1) is 6.61 Å². The fourth-order valence-electron chi connectivity index (χ4n) is 4.73. The molecule has 1 aromatic carbocycles. The molecule has 3 atom stereocenters. The summed E-state index contributed by atoms with van der Waals surface area (Å²) in [6.45, 7) is 6.66. The lowest BCUT2D eigenvalue weighted by Gasteiger charge is -2.19. The molecule has 0 amide bonds. The average molecular weight is 465 g/mol. The van der Waals surface area contributed by atoms with Crippen LogP contribution in [0.4, 0.5) is 5.95 Å². The minimum absolute atomic E-state index is 0.0989. The monoisotopic (exact) mass is 464 g/mol. The molecule has 0 spiro atoms. The Hall–Kier alpha value is -3.00. The second kappa shape index (κ2) is 8.41. The molecule has 2 aliphatic rings. The minimum Gasteiger partial charge on any atom is -0.493 e. The second-order valence-corrected chi connectivity index (χ2v) is 11.0. The normalized spacial score (nSPS) is 21.7. The SMILES string of the molecule is CCc1cnc(N2CC3C(COc4ccc(-c5ccc(S(C)(=O)=O)nc5C)cc4)[C@@H]3C2)nc1. The van der Waals surface area contributed by atoms with Crippen LogP contribution in [-0.4, -0.2) is 49.3 Å². The Balaban J connectivity index is 1.15. The molecule has 1 saturated carbocycles. The van der Waals surface area contributed by atoms with Crippen LogP contribution in [0.25, 0.3) is 11.1 Å². The van der Waals surface area contributed by atoms with Crippen molar-refractivity contribution in [2.45, 2.75) is 25.3 Å². The molecule has 3 aromatic rings. The zero-order valence-corrected chi connectivity index (χ0v) is 19.9. The number of nitrogens with zero attached hydrogens (tertiary/aromatic N) is 4. The number of aromatic nitrogens is 3. The molecule has 5 rings (SSSR count). The van der Waals surface area contributed by atoms with Gasteiger partial charge in [-0.15, -0.1) is 0 Å². The van der Waals surface area contributed by atoms with E-state index in [1.54, 1.807) is 6.07 Å². The van der Waals surface area contributed by atoms with Gasteiger partial charge in [-0.25, -0.2) is 23.4 Å². The van der Waals surface area contributed by atoms with E-state index in [0.29, 0.717) is 23.4 Å². The Morgan fingerprint density at radius 1 is 1.03 bits per heavy atom. The number of sulfone groups is 1. The van der Waals surface area contributed by atoms with Crippen LogP contribution in [0.2, 0.25) is 0 Å². The molecule has 172 valence electrons. The van der Waals surface area contributed by atoms with Crippen LogP contribution in [0.15, 0.2) is 53.8 Å². The Bertz CT molecular complexity index is 1250. The van der Waals surface area contributed by atoms with Crippen molar-refractivity contribution in [2.24, 2.45) is 17.8 Å². The Morgan fingerprint density at radius 2 is 1.70 bits per heavy atom. The minimum atomic E-state index is -3.31. The third kappa shape index (κ3) is 4.44. The van der Waals surface area contributed by atoms with Crippen molar-refractivity contribution >= 4 is 15.8 Å². The average Bonchev–Trinajstić information content (AvgIpc) is 3.26. The number of benzene rings is 1. The van der Waals surface area contributed by atoms with Crippen LogP contribution in [0.1, 0.15) is 18.2 Å². The largest absolute Gasteiger partial charge is 0.493 e. The third-order valence-corrected chi connectivity index (χ3v) is 7.79. The van der Waals surface area contributed by atoms with Crippen molar-refractivity contribution in [1.82, 2.24) is 15.0 Å². The molecular formula is C25H28N4O3S. The predicted octanol–water partition coefficient (Wildman–Crippen LogP) is 3.57. The molecule has 0 radical (unpaired) electrons. The number of pyridine rings is 1. The van der Waals surface area contributed by atoms with Crippen molar-refractivity contribution in [2.75, 3.05) is 30.9 Å². The summed E-state index contributed by atoms with van der Waals surface area (Å²) in [5, 5.41) is 0.0989. The lowest BCUT2D eigenvalue weighted by molar-refractivity contribution is 0.283. The maximum atomic E-state index is 11.7. The van der Waals surface area contributed by atoms with E-state index in [2.05, 4.69) is 26.8 Å². The van der Waals surface area contributed by atoms with E-state index < -0.39 is 9.84 Å². The summed E-state index contributed by atoms with van der Waals surface area (Å²) >= 11 is 0. The summed E-state index contributed by atoms with van der Waals surface area (Å²) in [6.07, 6.45) is 5.98. The van der Waals surface area contributed by atoms with Crippen LogP contribution in [-0.2, 0) is 16.3 Å². The van der Waals surface area contributed by atoms with E-state index in [9.17, 15) is 8.42 Å². The number of fused-ring (bicyclic) bond motifs is 1. The number of ether oxygens (including phenoxy) is 1. The Morgan fingerprint density at radius 3 is 2.27 bits per heavy atom. The van der Waals surface area contributed by atoms with E-state index in [-0.39, 0.29) is 5.03 Å². The first-order valence-electron chi connectivity index (χ1n) is 11.3. The number of anilines is 1. The van der Waals surface area contributed by atoms with Crippen LogP contribution in [0.5, 0.6) is 5.75 Å². The topological polar surface area (TPSA) is 85.3 Å². The second-order valence-electron chi connectivity index (χ2n) is 9.03. The summed E-state index contributed by atoms with van der Waals surface area (Å²) in [4.78, 5) is 15.6. The van der Waals surface area contributed by atoms with Crippen LogP contribution >= 0.6 is 0 Å². The van der Waals surface area contributed by atoms with Crippen molar-refractivity contribution in [3.05, 3.63) is 60.0 Å². The number of hydrogen-bond acceptors (Lipinski definition) is 7. The van der Waals surface area contributed by atoms with Gasteiger partial charge < -0.3 is 9.64 Å². The highest BCUT2D eigenvalue weighted by Crippen LogP contribution is 2.52. The standard InChI is InChI=1S/C25H28N4O3S/c1-4-17-11-26-25(27-12-17)29-13-21-22(14-29)23(21)15-32-19-7-5-18(6-8-19)20-9-10-24(28-16(20)2)33(3,30)31/h5-12,21-23H,4,13-15H2,1-3H3/t21-,22?,23?/m1/s1. The van der Waals surface area contributed by atoms with Crippen molar-refractivity contribution in [3.63, 3.8) is 0 Å². The first-order valence-corrected chi connectivity index (χ1v) is 13.2. The van der Waals surface area contributed by atoms with Gasteiger partial charge in [-0.05, 0) is 60.6 Å². The van der Waals surface area contributed by atoms with Crippen molar-refractivity contribution in [3.8, 4) is 16.9 Å². The molecular weight excluding hydrogens is 436 g/mol. The highest BCUT2D eigenvalue weighted by Gasteiger charge is 2.56. The van der Waals surface area contributed by atoms with E-state index in [4.69, 9.17) is 4.74 Å². The smallest absolute Gasteiger partial charge is 0.225 e.